The predicted octanol–water partition coefficient (Wildman–Crippen LogP) is 0.271. The molecule has 0 saturated carbocycles. The van der Waals surface area contributed by atoms with Gasteiger partial charge in [-0.15, -0.1) is 0 Å². The molecule has 6 nitrogen and oxygen atoms in total. The Hall–Kier alpha value is -2.37. The van der Waals surface area contributed by atoms with Crippen molar-refractivity contribution in [1.29, 1.82) is 0 Å². The van der Waals surface area contributed by atoms with E-state index in [9.17, 15) is 14.4 Å². The first kappa shape index (κ1) is 16.7. The molecule has 0 aliphatic carbocycles. The van der Waals surface area contributed by atoms with Gasteiger partial charge in [0.15, 0.2) is 0 Å². The quantitative estimate of drug-likeness (QED) is 0.846. The summed E-state index contributed by atoms with van der Waals surface area (Å²) < 4.78 is 0. The smallest absolute Gasteiger partial charge is 0.251 e. The van der Waals surface area contributed by atoms with E-state index in [0.29, 0.717) is 5.56 Å². The van der Waals surface area contributed by atoms with Crippen LogP contribution in [0.25, 0.3) is 0 Å². The number of nitrogens with zero attached hydrogens (tertiary/aromatic N) is 2. The Bertz CT molecular complexity index is 541. The fraction of sp³-hybridized carbons (Fsp3) is 0.400. The molecular formula is C15H21N3O3. The van der Waals surface area contributed by atoms with Crippen molar-refractivity contribution < 1.29 is 14.4 Å². The van der Waals surface area contributed by atoms with Gasteiger partial charge in [0.1, 0.15) is 0 Å². The Morgan fingerprint density at radius 2 is 1.76 bits per heavy atom. The average Bonchev–Trinajstić information content (AvgIpc) is 2.43. The Morgan fingerprint density at radius 1 is 1.10 bits per heavy atom. The molecule has 0 aliphatic rings. The fourth-order valence-electron chi connectivity index (χ4n) is 1.61. The van der Waals surface area contributed by atoms with E-state index in [1.165, 1.54) is 16.8 Å². The zero-order valence-electron chi connectivity index (χ0n) is 12.8. The van der Waals surface area contributed by atoms with Gasteiger partial charge in [-0.1, -0.05) is 17.7 Å². The van der Waals surface area contributed by atoms with Gasteiger partial charge in [-0.3, -0.25) is 14.4 Å². The van der Waals surface area contributed by atoms with Crippen LogP contribution in [0, 0.1) is 6.92 Å². The van der Waals surface area contributed by atoms with Crippen molar-refractivity contribution >= 4 is 17.7 Å². The number of carbonyl (C=O) groups is 3. The highest BCUT2D eigenvalue weighted by Gasteiger charge is 2.15. The molecule has 1 aromatic rings. The molecule has 0 bridgehead atoms. The lowest BCUT2D eigenvalue weighted by atomic mass is 10.1. The van der Waals surface area contributed by atoms with Gasteiger partial charge in [-0.05, 0) is 19.1 Å². The first-order chi connectivity index (χ1) is 9.81. The number of likely N-dealkylation sites (N-methyl/N-ethyl adjacent to an activating group) is 2. The second-order valence-electron chi connectivity index (χ2n) is 5.09. The topological polar surface area (TPSA) is 69.7 Å². The van der Waals surface area contributed by atoms with Crippen LogP contribution in [0.2, 0.25) is 0 Å². The predicted molar refractivity (Wildman–Crippen MR) is 79.8 cm³/mol. The minimum Gasteiger partial charge on any atom is -0.347 e. The number of rotatable bonds is 5. The summed E-state index contributed by atoms with van der Waals surface area (Å²) in [4.78, 5) is 37.9. The number of nitrogens with one attached hydrogen (secondary N) is 1. The molecule has 0 aliphatic heterocycles. The maximum Gasteiger partial charge on any atom is 0.251 e. The molecule has 21 heavy (non-hydrogen) atoms. The van der Waals surface area contributed by atoms with Crippen molar-refractivity contribution in [2.75, 3.05) is 34.2 Å². The van der Waals surface area contributed by atoms with E-state index in [4.69, 9.17) is 0 Å². The van der Waals surface area contributed by atoms with Crippen LogP contribution in [0.1, 0.15) is 15.9 Å². The number of benzene rings is 1. The molecule has 0 radical (unpaired) electrons. The third-order valence-corrected chi connectivity index (χ3v) is 2.98. The van der Waals surface area contributed by atoms with Crippen LogP contribution >= 0.6 is 0 Å². The number of hydrogen-bond acceptors (Lipinski definition) is 3. The normalized spacial score (nSPS) is 9.90. The van der Waals surface area contributed by atoms with Crippen molar-refractivity contribution in [2.24, 2.45) is 0 Å². The van der Waals surface area contributed by atoms with Crippen LogP contribution in [0.3, 0.4) is 0 Å². The highest BCUT2D eigenvalue weighted by molar-refractivity contribution is 5.96. The van der Waals surface area contributed by atoms with E-state index in [0.717, 1.165) is 5.56 Å². The number of amides is 3. The summed E-state index contributed by atoms with van der Waals surface area (Å²) in [7, 11) is 4.78. The first-order valence-electron chi connectivity index (χ1n) is 6.60. The monoisotopic (exact) mass is 291 g/mol. The lowest BCUT2D eigenvalue weighted by molar-refractivity contribution is -0.137. The summed E-state index contributed by atoms with van der Waals surface area (Å²) in [6.07, 6.45) is 0. The third-order valence-electron chi connectivity index (χ3n) is 2.98. The Morgan fingerprint density at radius 3 is 2.33 bits per heavy atom. The standard InChI is InChI=1S/C15H21N3O3/c1-11-6-5-7-12(8-11)15(21)16-9-13(19)18(4)10-14(20)17(2)3/h5-8H,9-10H2,1-4H3,(H,16,21). The Labute approximate surface area is 124 Å². The van der Waals surface area contributed by atoms with E-state index >= 15 is 0 Å². The third kappa shape index (κ3) is 5.25. The highest BCUT2D eigenvalue weighted by Crippen LogP contribution is 2.03. The Balaban J connectivity index is 2.49. The molecule has 0 atom stereocenters. The summed E-state index contributed by atoms with van der Waals surface area (Å²) in [5.41, 5.74) is 1.48. The van der Waals surface area contributed by atoms with Gasteiger partial charge in [0.2, 0.25) is 11.8 Å². The van der Waals surface area contributed by atoms with Crippen LogP contribution in [-0.2, 0) is 9.59 Å². The van der Waals surface area contributed by atoms with Gasteiger partial charge >= 0.3 is 0 Å². The first-order valence-corrected chi connectivity index (χ1v) is 6.60. The molecule has 1 aromatic carbocycles. The molecule has 0 saturated heterocycles. The van der Waals surface area contributed by atoms with Gasteiger partial charge in [0, 0.05) is 26.7 Å². The van der Waals surface area contributed by atoms with Crippen LogP contribution in [0.5, 0.6) is 0 Å². The molecular weight excluding hydrogens is 270 g/mol. The molecule has 0 unspecified atom stereocenters. The van der Waals surface area contributed by atoms with E-state index < -0.39 is 0 Å². The van der Waals surface area contributed by atoms with E-state index in [-0.39, 0.29) is 30.8 Å². The molecule has 0 aromatic heterocycles. The van der Waals surface area contributed by atoms with Gasteiger partial charge in [0.05, 0.1) is 13.1 Å². The van der Waals surface area contributed by atoms with Gasteiger partial charge < -0.3 is 15.1 Å². The van der Waals surface area contributed by atoms with Crippen LogP contribution in [0.15, 0.2) is 24.3 Å². The largest absolute Gasteiger partial charge is 0.347 e. The van der Waals surface area contributed by atoms with Crippen molar-refractivity contribution in [3.8, 4) is 0 Å². The van der Waals surface area contributed by atoms with Crippen LogP contribution in [0.4, 0.5) is 0 Å². The minimum atomic E-state index is -0.314. The number of hydrogen-bond donors (Lipinski definition) is 1. The van der Waals surface area contributed by atoms with E-state index in [1.807, 2.05) is 13.0 Å². The molecule has 0 heterocycles. The van der Waals surface area contributed by atoms with Crippen molar-refractivity contribution in [2.45, 2.75) is 6.92 Å². The van der Waals surface area contributed by atoms with Crippen LogP contribution in [-0.4, -0.2) is 61.8 Å². The van der Waals surface area contributed by atoms with Gasteiger partial charge in [-0.2, -0.15) is 0 Å². The molecule has 6 heteroatoms. The maximum absolute atomic E-state index is 11.9. The summed E-state index contributed by atoms with van der Waals surface area (Å²) >= 11 is 0. The lowest BCUT2D eigenvalue weighted by Crippen LogP contribution is -2.42. The molecule has 0 spiro atoms. The van der Waals surface area contributed by atoms with E-state index in [2.05, 4.69) is 5.32 Å². The maximum atomic E-state index is 11.9. The summed E-state index contributed by atoms with van der Waals surface area (Å²) in [5, 5.41) is 2.55. The summed E-state index contributed by atoms with van der Waals surface area (Å²) in [6, 6.07) is 7.11. The average molecular weight is 291 g/mol. The van der Waals surface area contributed by atoms with Gasteiger partial charge in [-0.25, -0.2) is 0 Å². The van der Waals surface area contributed by atoms with Crippen molar-refractivity contribution in [1.82, 2.24) is 15.1 Å². The molecule has 114 valence electrons. The van der Waals surface area contributed by atoms with E-state index in [1.54, 1.807) is 32.3 Å². The van der Waals surface area contributed by atoms with Gasteiger partial charge in [0.25, 0.3) is 5.91 Å². The zero-order chi connectivity index (χ0) is 16.0. The van der Waals surface area contributed by atoms with Crippen molar-refractivity contribution in [3.05, 3.63) is 35.4 Å². The molecule has 3 amide bonds. The molecule has 1 N–H and O–H groups in total. The van der Waals surface area contributed by atoms with Crippen LogP contribution < -0.4 is 5.32 Å². The fourth-order valence-corrected chi connectivity index (χ4v) is 1.61. The lowest BCUT2D eigenvalue weighted by Gasteiger charge is -2.19. The highest BCUT2D eigenvalue weighted by atomic mass is 16.2. The number of aryl methyl sites for hydroxylation is 1. The summed E-state index contributed by atoms with van der Waals surface area (Å²) in [6.45, 7) is 1.75. The summed E-state index contributed by atoms with van der Waals surface area (Å²) in [5.74, 6) is -0.790. The van der Waals surface area contributed by atoms with Crippen molar-refractivity contribution in [3.63, 3.8) is 0 Å². The SMILES string of the molecule is Cc1cccc(C(=O)NCC(=O)N(C)CC(=O)N(C)C)c1. The Kier molecular flexibility index (Phi) is 5.90. The minimum absolute atomic E-state index is 0.00779. The second-order valence-corrected chi connectivity index (χ2v) is 5.09. The number of carbonyl (C=O) groups excluding carboxylic acids is 3. The molecule has 1 rings (SSSR count). The zero-order valence-corrected chi connectivity index (χ0v) is 12.8. The second kappa shape index (κ2) is 7.42. The molecule has 0 fully saturated rings.